The van der Waals surface area contributed by atoms with Crippen molar-refractivity contribution in [3.8, 4) is 11.4 Å². The summed E-state index contributed by atoms with van der Waals surface area (Å²) in [5.74, 6) is -0.684. The quantitative estimate of drug-likeness (QED) is 0.922. The molecule has 0 radical (unpaired) electrons. The first-order valence-electron chi connectivity index (χ1n) is 6.09. The average molecular weight is 266 g/mol. The molecule has 1 aromatic carbocycles. The van der Waals surface area contributed by atoms with Gasteiger partial charge in [-0.15, -0.1) is 0 Å². The van der Waals surface area contributed by atoms with Gasteiger partial charge in [0.25, 0.3) is 0 Å². The molecule has 0 saturated heterocycles. The Kier molecular flexibility index (Phi) is 3.02. The van der Waals surface area contributed by atoms with E-state index in [0.717, 1.165) is 31.0 Å². The second kappa shape index (κ2) is 4.70. The van der Waals surface area contributed by atoms with Crippen molar-refractivity contribution >= 4 is 0 Å². The Morgan fingerprint density at radius 1 is 1.26 bits per heavy atom. The highest BCUT2D eigenvalue weighted by Crippen LogP contribution is 2.33. The Labute approximate surface area is 108 Å². The van der Waals surface area contributed by atoms with E-state index in [1.165, 1.54) is 0 Å². The summed E-state index contributed by atoms with van der Waals surface area (Å²) in [5.41, 5.74) is 0.216. The summed E-state index contributed by atoms with van der Waals surface area (Å²) in [5, 5.41) is 13.4. The van der Waals surface area contributed by atoms with Crippen LogP contribution >= 0.6 is 0 Å². The van der Waals surface area contributed by atoms with Crippen LogP contribution in [0.3, 0.4) is 0 Å². The van der Waals surface area contributed by atoms with Crippen molar-refractivity contribution in [1.29, 1.82) is 0 Å². The zero-order valence-electron chi connectivity index (χ0n) is 10.0. The summed E-state index contributed by atoms with van der Waals surface area (Å²) in [6.07, 6.45) is 1.81. The van der Waals surface area contributed by atoms with E-state index >= 15 is 0 Å². The molecule has 1 aromatic heterocycles. The predicted molar refractivity (Wildman–Crippen MR) is 62.1 cm³/mol. The molecule has 19 heavy (non-hydrogen) atoms. The predicted octanol–water partition coefficient (Wildman–Crippen LogP) is 2.33. The van der Waals surface area contributed by atoms with Gasteiger partial charge in [0.1, 0.15) is 11.6 Å². The van der Waals surface area contributed by atoms with Gasteiger partial charge in [0.05, 0.1) is 12.5 Å². The third-order valence-electron chi connectivity index (χ3n) is 3.14. The molecule has 0 aliphatic heterocycles. The number of hydrogen-bond acceptors (Lipinski definition) is 4. The smallest absolute Gasteiger partial charge is 0.229 e. The lowest BCUT2D eigenvalue weighted by atomic mass is 10.1. The van der Waals surface area contributed by atoms with E-state index in [1.807, 2.05) is 0 Å². The Balaban J connectivity index is 1.79. The first-order valence-corrected chi connectivity index (χ1v) is 6.09. The van der Waals surface area contributed by atoms with Crippen LogP contribution in [0.4, 0.5) is 8.78 Å². The van der Waals surface area contributed by atoms with E-state index < -0.39 is 17.7 Å². The summed E-state index contributed by atoms with van der Waals surface area (Å²) in [6, 6.07) is 3.05. The molecule has 6 heteroatoms. The van der Waals surface area contributed by atoms with Crippen molar-refractivity contribution in [2.75, 3.05) is 0 Å². The first kappa shape index (κ1) is 12.2. The Morgan fingerprint density at radius 3 is 2.58 bits per heavy atom. The Bertz CT molecular complexity index is 576. The van der Waals surface area contributed by atoms with Crippen LogP contribution in [0, 0.1) is 17.6 Å². The highest BCUT2D eigenvalue weighted by Gasteiger charge is 2.31. The molecule has 4 nitrogen and oxygen atoms in total. The minimum absolute atomic E-state index is 0.122. The molecule has 1 fully saturated rings. The SMILES string of the molecule is OC(Cc1nc(-c2cc(F)cc(F)c2)no1)C1CC1. The number of halogens is 2. The van der Waals surface area contributed by atoms with Gasteiger partial charge in [-0.05, 0) is 30.9 Å². The molecular formula is C13H12F2N2O2. The molecule has 0 bridgehead atoms. The summed E-state index contributed by atoms with van der Waals surface area (Å²) in [4.78, 5) is 4.04. The molecule has 3 rings (SSSR count). The number of nitrogens with zero attached hydrogens (tertiary/aromatic N) is 2. The van der Waals surface area contributed by atoms with Gasteiger partial charge in [0.2, 0.25) is 11.7 Å². The van der Waals surface area contributed by atoms with Gasteiger partial charge < -0.3 is 9.63 Å². The monoisotopic (exact) mass is 266 g/mol. The summed E-state index contributed by atoms with van der Waals surface area (Å²) in [6.45, 7) is 0. The normalized spacial score (nSPS) is 16.6. The lowest BCUT2D eigenvalue weighted by Crippen LogP contribution is -2.12. The topological polar surface area (TPSA) is 59.2 Å². The molecule has 2 aromatic rings. The molecule has 1 N–H and O–H groups in total. The fourth-order valence-corrected chi connectivity index (χ4v) is 1.96. The largest absolute Gasteiger partial charge is 0.392 e. The van der Waals surface area contributed by atoms with Crippen LogP contribution in [0.5, 0.6) is 0 Å². The van der Waals surface area contributed by atoms with Gasteiger partial charge in [-0.1, -0.05) is 5.16 Å². The zero-order valence-corrected chi connectivity index (χ0v) is 10.0. The number of rotatable bonds is 4. The lowest BCUT2D eigenvalue weighted by molar-refractivity contribution is 0.140. The van der Waals surface area contributed by atoms with Gasteiger partial charge >= 0.3 is 0 Å². The average Bonchev–Trinajstić information content (AvgIpc) is 3.09. The molecule has 1 saturated carbocycles. The summed E-state index contributed by atoms with van der Waals surface area (Å²) >= 11 is 0. The maximum atomic E-state index is 13.1. The second-order valence-electron chi connectivity index (χ2n) is 4.78. The van der Waals surface area contributed by atoms with Crippen LogP contribution in [0.25, 0.3) is 11.4 Å². The second-order valence-corrected chi connectivity index (χ2v) is 4.78. The van der Waals surface area contributed by atoms with E-state index in [-0.39, 0.29) is 23.7 Å². The third-order valence-corrected chi connectivity index (χ3v) is 3.14. The molecule has 1 unspecified atom stereocenters. The molecule has 1 atom stereocenters. The lowest BCUT2D eigenvalue weighted by Gasteiger charge is -2.03. The molecular weight excluding hydrogens is 254 g/mol. The summed E-state index contributed by atoms with van der Waals surface area (Å²) < 4.78 is 31.1. The highest BCUT2D eigenvalue weighted by atomic mass is 19.1. The van der Waals surface area contributed by atoms with Crippen LogP contribution in [0.1, 0.15) is 18.7 Å². The summed E-state index contributed by atoms with van der Waals surface area (Å²) in [7, 11) is 0. The van der Waals surface area contributed by atoms with E-state index in [4.69, 9.17) is 4.52 Å². The fourth-order valence-electron chi connectivity index (χ4n) is 1.96. The van der Waals surface area contributed by atoms with Gasteiger partial charge in [-0.2, -0.15) is 4.98 Å². The molecule has 0 amide bonds. The molecule has 0 spiro atoms. The highest BCUT2D eigenvalue weighted by molar-refractivity contribution is 5.54. The fraction of sp³-hybridized carbons (Fsp3) is 0.385. The van der Waals surface area contributed by atoms with Crippen LogP contribution in [-0.2, 0) is 6.42 Å². The molecule has 100 valence electrons. The van der Waals surface area contributed by atoms with Gasteiger partial charge in [0.15, 0.2) is 0 Å². The molecule has 1 aliphatic rings. The van der Waals surface area contributed by atoms with Crippen LogP contribution < -0.4 is 0 Å². The minimum Gasteiger partial charge on any atom is -0.392 e. The van der Waals surface area contributed by atoms with Gasteiger partial charge in [-0.25, -0.2) is 8.78 Å². The Hall–Kier alpha value is -1.82. The van der Waals surface area contributed by atoms with Crippen molar-refractivity contribution in [3.63, 3.8) is 0 Å². The van der Waals surface area contributed by atoms with Gasteiger partial charge in [-0.3, -0.25) is 0 Å². The van der Waals surface area contributed by atoms with Crippen LogP contribution in [0.15, 0.2) is 22.7 Å². The van der Waals surface area contributed by atoms with Crippen LogP contribution in [-0.4, -0.2) is 21.4 Å². The van der Waals surface area contributed by atoms with Gasteiger partial charge in [0, 0.05) is 11.6 Å². The Morgan fingerprint density at radius 2 is 1.95 bits per heavy atom. The minimum atomic E-state index is -0.695. The standard InChI is InChI=1S/C13H12F2N2O2/c14-9-3-8(4-10(15)5-9)13-16-12(19-17-13)6-11(18)7-1-2-7/h3-5,7,11,18H,1-2,6H2. The number of aliphatic hydroxyl groups is 1. The van der Waals surface area contributed by atoms with Crippen LogP contribution in [0.2, 0.25) is 0 Å². The number of benzene rings is 1. The number of aliphatic hydroxyl groups excluding tert-OH is 1. The van der Waals surface area contributed by atoms with E-state index in [1.54, 1.807) is 0 Å². The van der Waals surface area contributed by atoms with Crippen molar-refractivity contribution < 1.29 is 18.4 Å². The number of hydrogen-bond donors (Lipinski definition) is 1. The number of aromatic nitrogens is 2. The maximum absolute atomic E-state index is 13.1. The van der Waals surface area contributed by atoms with E-state index in [9.17, 15) is 13.9 Å². The third kappa shape index (κ3) is 2.78. The van der Waals surface area contributed by atoms with Crippen molar-refractivity contribution in [2.24, 2.45) is 5.92 Å². The maximum Gasteiger partial charge on any atom is 0.229 e. The van der Waals surface area contributed by atoms with Crippen molar-refractivity contribution in [3.05, 3.63) is 35.7 Å². The van der Waals surface area contributed by atoms with Crippen molar-refractivity contribution in [1.82, 2.24) is 10.1 Å². The van der Waals surface area contributed by atoms with E-state index in [0.29, 0.717) is 5.92 Å². The zero-order chi connectivity index (χ0) is 13.4. The molecule has 1 aliphatic carbocycles. The molecule has 1 heterocycles. The first-order chi connectivity index (χ1) is 9.11. The van der Waals surface area contributed by atoms with Crippen molar-refractivity contribution in [2.45, 2.75) is 25.4 Å². The van der Waals surface area contributed by atoms with E-state index in [2.05, 4.69) is 10.1 Å².